The number of piperidine rings is 1. The minimum Gasteiger partial charge on any atom is -0.393 e. The molecule has 112 valence electrons. The maximum absolute atomic E-state index is 11.8. The average molecular weight is 271 g/mol. The summed E-state index contributed by atoms with van der Waals surface area (Å²) in [6, 6.07) is 0.614. The van der Waals surface area contributed by atoms with Gasteiger partial charge in [-0.05, 0) is 38.6 Å². The van der Waals surface area contributed by atoms with E-state index in [2.05, 4.69) is 12.2 Å². The molecule has 0 aromatic carbocycles. The van der Waals surface area contributed by atoms with Crippen LogP contribution in [0.1, 0.15) is 33.1 Å². The summed E-state index contributed by atoms with van der Waals surface area (Å²) in [7, 11) is 3.59. The van der Waals surface area contributed by atoms with Crippen molar-refractivity contribution in [2.45, 2.75) is 45.3 Å². The number of amides is 2. The van der Waals surface area contributed by atoms with Crippen LogP contribution in [0, 0.1) is 5.92 Å². The molecule has 2 amide bonds. The molecule has 0 bridgehead atoms. The molecule has 1 fully saturated rings. The van der Waals surface area contributed by atoms with Crippen molar-refractivity contribution in [3.8, 4) is 0 Å². The maximum Gasteiger partial charge on any atom is 0.319 e. The number of rotatable bonds is 5. The van der Waals surface area contributed by atoms with E-state index in [9.17, 15) is 9.90 Å². The molecule has 5 heteroatoms. The third kappa shape index (κ3) is 5.78. The highest BCUT2D eigenvalue weighted by atomic mass is 16.3. The fraction of sp³-hybridized carbons (Fsp3) is 0.929. The number of aliphatic hydroxyl groups is 1. The summed E-state index contributed by atoms with van der Waals surface area (Å²) in [5.74, 6) is 0.487. The van der Waals surface area contributed by atoms with Gasteiger partial charge in [-0.1, -0.05) is 6.92 Å². The van der Waals surface area contributed by atoms with E-state index in [4.69, 9.17) is 0 Å². The van der Waals surface area contributed by atoms with E-state index in [1.54, 1.807) is 19.0 Å². The van der Waals surface area contributed by atoms with Crippen LogP contribution in [-0.4, -0.2) is 66.8 Å². The van der Waals surface area contributed by atoms with Crippen molar-refractivity contribution in [1.82, 2.24) is 15.1 Å². The van der Waals surface area contributed by atoms with Crippen molar-refractivity contribution in [2.24, 2.45) is 5.92 Å². The van der Waals surface area contributed by atoms with Crippen molar-refractivity contribution in [2.75, 3.05) is 33.7 Å². The second-order valence-electron chi connectivity index (χ2n) is 6.04. The number of carbonyl (C=O) groups excluding carboxylic acids is 1. The molecule has 2 N–H and O–H groups in total. The lowest BCUT2D eigenvalue weighted by Gasteiger charge is -2.34. The summed E-state index contributed by atoms with van der Waals surface area (Å²) in [6.07, 6.45) is 2.64. The largest absolute Gasteiger partial charge is 0.393 e. The van der Waals surface area contributed by atoms with Crippen LogP contribution in [-0.2, 0) is 0 Å². The smallest absolute Gasteiger partial charge is 0.319 e. The average Bonchev–Trinajstić information content (AvgIpc) is 2.35. The number of hydrogen-bond acceptors (Lipinski definition) is 3. The molecule has 0 aliphatic carbocycles. The molecule has 2 unspecified atom stereocenters. The first-order valence-corrected chi connectivity index (χ1v) is 7.27. The Morgan fingerprint density at radius 1 is 1.37 bits per heavy atom. The Bertz CT molecular complexity index is 274. The topological polar surface area (TPSA) is 55.8 Å². The molecule has 1 aliphatic heterocycles. The normalized spacial score (nSPS) is 20.2. The molecule has 0 radical (unpaired) electrons. The molecule has 19 heavy (non-hydrogen) atoms. The van der Waals surface area contributed by atoms with Gasteiger partial charge in [0.25, 0.3) is 0 Å². The first-order chi connectivity index (χ1) is 8.90. The molecular weight excluding hydrogens is 242 g/mol. The second kappa shape index (κ2) is 7.70. The summed E-state index contributed by atoms with van der Waals surface area (Å²) in [4.78, 5) is 15.3. The molecule has 0 saturated carbocycles. The van der Waals surface area contributed by atoms with E-state index in [0.717, 1.165) is 38.9 Å². The van der Waals surface area contributed by atoms with Crippen LogP contribution in [0.3, 0.4) is 0 Å². The van der Waals surface area contributed by atoms with Crippen molar-refractivity contribution >= 4 is 6.03 Å². The molecule has 2 atom stereocenters. The zero-order valence-electron chi connectivity index (χ0n) is 12.7. The number of nitrogens with zero attached hydrogens (tertiary/aromatic N) is 2. The van der Waals surface area contributed by atoms with Crippen LogP contribution in [0.15, 0.2) is 0 Å². The highest BCUT2D eigenvalue weighted by Crippen LogP contribution is 2.13. The molecule has 0 spiro atoms. The van der Waals surface area contributed by atoms with E-state index in [0.29, 0.717) is 12.0 Å². The van der Waals surface area contributed by atoms with E-state index in [1.165, 1.54) is 0 Å². The number of urea groups is 1. The van der Waals surface area contributed by atoms with Gasteiger partial charge in [0, 0.05) is 33.2 Å². The summed E-state index contributed by atoms with van der Waals surface area (Å²) < 4.78 is 0. The number of likely N-dealkylation sites (tertiary alicyclic amines) is 1. The number of hydrogen-bond donors (Lipinski definition) is 2. The SMILES string of the molecule is CC(O)CC(C)CNC1CCN(C(=O)N(C)C)CC1. The predicted octanol–water partition coefficient (Wildman–Crippen LogP) is 1.13. The van der Waals surface area contributed by atoms with Crippen LogP contribution >= 0.6 is 0 Å². The van der Waals surface area contributed by atoms with Gasteiger partial charge in [0.15, 0.2) is 0 Å². The van der Waals surface area contributed by atoms with Gasteiger partial charge in [-0.3, -0.25) is 0 Å². The predicted molar refractivity (Wildman–Crippen MR) is 77.1 cm³/mol. The van der Waals surface area contributed by atoms with Crippen LogP contribution in [0.5, 0.6) is 0 Å². The minimum atomic E-state index is -0.226. The third-order valence-corrected chi connectivity index (χ3v) is 3.65. The maximum atomic E-state index is 11.8. The molecular formula is C14H29N3O2. The summed E-state index contributed by atoms with van der Waals surface area (Å²) >= 11 is 0. The van der Waals surface area contributed by atoms with E-state index in [-0.39, 0.29) is 12.1 Å². The van der Waals surface area contributed by atoms with Gasteiger partial charge >= 0.3 is 6.03 Å². The number of carbonyl (C=O) groups is 1. The lowest BCUT2D eigenvalue weighted by atomic mass is 10.0. The molecule has 0 aromatic rings. The van der Waals surface area contributed by atoms with Crippen LogP contribution in [0.2, 0.25) is 0 Å². The lowest BCUT2D eigenvalue weighted by Crippen LogP contribution is -2.48. The van der Waals surface area contributed by atoms with E-state index in [1.807, 2.05) is 11.8 Å². The quantitative estimate of drug-likeness (QED) is 0.788. The van der Waals surface area contributed by atoms with Gasteiger partial charge in [0.05, 0.1) is 6.10 Å². The molecule has 1 heterocycles. The first kappa shape index (κ1) is 16.2. The fourth-order valence-corrected chi connectivity index (χ4v) is 2.59. The number of aliphatic hydroxyl groups excluding tert-OH is 1. The monoisotopic (exact) mass is 271 g/mol. The highest BCUT2D eigenvalue weighted by molar-refractivity contribution is 5.73. The van der Waals surface area contributed by atoms with Crippen LogP contribution < -0.4 is 5.32 Å². The van der Waals surface area contributed by atoms with Gasteiger partial charge in [0.2, 0.25) is 0 Å². The zero-order chi connectivity index (χ0) is 14.4. The summed E-state index contributed by atoms with van der Waals surface area (Å²) in [6.45, 7) is 6.60. The molecule has 1 rings (SSSR count). The highest BCUT2D eigenvalue weighted by Gasteiger charge is 2.23. The van der Waals surface area contributed by atoms with Gasteiger partial charge in [-0.2, -0.15) is 0 Å². The van der Waals surface area contributed by atoms with Crippen molar-refractivity contribution in [1.29, 1.82) is 0 Å². The van der Waals surface area contributed by atoms with Gasteiger partial charge < -0.3 is 20.2 Å². The lowest BCUT2D eigenvalue weighted by molar-refractivity contribution is 0.146. The van der Waals surface area contributed by atoms with E-state index < -0.39 is 0 Å². The Morgan fingerprint density at radius 2 is 1.95 bits per heavy atom. The molecule has 1 saturated heterocycles. The summed E-state index contributed by atoms with van der Waals surface area (Å²) in [5.41, 5.74) is 0. The van der Waals surface area contributed by atoms with Crippen molar-refractivity contribution < 1.29 is 9.90 Å². The fourth-order valence-electron chi connectivity index (χ4n) is 2.59. The van der Waals surface area contributed by atoms with Crippen molar-refractivity contribution in [3.63, 3.8) is 0 Å². The van der Waals surface area contributed by atoms with Crippen molar-refractivity contribution in [3.05, 3.63) is 0 Å². The van der Waals surface area contributed by atoms with E-state index >= 15 is 0 Å². The zero-order valence-corrected chi connectivity index (χ0v) is 12.7. The Balaban J connectivity index is 2.21. The van der Waals surface area contributed by atoms with Gasteiger partial charge in [-0.25, -0.2) is 4.79 Å². The minimum absolute atomic E-state index is 0.112. The molecule has 5 nitrogen and oxygen atoms in total. The second-order valence-corrected chi connectivity index (χ2v) is 6.04. The third-order valence-electron chi connectivity index (χ3n) is 3.65. The standard InChI is InChI=1S/C14H29N3O2/c1-11(9-12(2)18)10-15-13-5-7-17(8-6-13)14(19)16(3)4/h11-13,15,18H,5-10H2,1-4H3. The van der Waals surface area contributed by atoms with Gasteiger partial charge in [0.1, 0.15) is 0 Å². The van der Waals surface area contributed by atoms with Crippen LogP contribution in [0.25, 0.3) is 0 Å². The number of nitrogens with one attached hydrogen (secondary N) is 1. The molecule has 0 aromatic heterocycles. The summed E-state index contributed by atoms with van der Waals surface area (Å²) in [5, 5.41) is 12.9. The Hall–Kier alpha value is -0.810. The Morgan fingerprint density at radius 3 is 2.42 bits per heavy atom. The molecule has 1 aliphatic rings. The Kier molecular flexibility index (Phi) is 6.58. The van der Waals surface area contributed by atoms with Crippen LogP contribution in [0.4, 0.5) is 4.79 Å². The van der Waals surface area contributed by atoms with Gasteiger partial charge in [-0.15, -0.1) is 0 Å². The Labute approximate surface area is 117 Å². The first-order valence-electron chi connectivity index (χ1n) is 7.27.